The SMILES string of the molecule is C[C@H]1O[C@H](OC[C@H]2O[C@@H](OCc3ccccc3)[C@H](OCc3ccccc3)[C@@H](OCc3ccccc3)[C@@H]2OCc2ccccc2)[C@H](OCc2ccccc2)[C@@H](OCc2ccccc2)[C@@H]1OCc1ccccc1. The Bertz CT molecular complexity index is 2530. The molecule has 7 aromatic rings. The number of ether oxygens (including phenoxy) is 10. The monoisotopic (exact) mass is 956 g/mol. The van der Waals surface area contributed by atoms with Crippen LogP contribution in [0.2, 0.25) is 0 Å². The quantitative estimate of drug-likeness (QED) is 0.0583. The van der Waals surface area contributed by atoms with E-state index < -0.39 is 61.4 Å². The normalized spacial score (nSPS) is 24.4. The molecule has 0 spiro atoms. The van der Waals surface area contributed by atoms with E-state index in [0.29, 0.717) is 26.4 Å². The first-order valence-corrected chi connectivity index (χ1v) is 24.6. The number of hydrogen-bond donors (Lipinski definition) is 0. The number of hydrogen-bond acceptors (Lipinski definition) is 10. The minimum absolute atomic E-state index is 0.0186. The van der Waals surface area contributed by atoms with Gasteiger partial charge in [0.2, 0.25) is 0 Å². The van der Waals surface area contributed by atoms with Crippen molar-refractivity contribution in [2.24, 2.45) is 0 Å². The molecule has 0 radical (unpaired) electrons. The third-order valence-electron chi connectivity index (χ3n) is 12.7. The highest BCUT2D eigenvalue weighted by atomic mass is 16.7. The Morgan fingerprint density at radius 1 is 0.268 bits per heavy atom. The van der Waals surface area contributed by atoms with Crippen LogP contribution in [0.4, 0.5) is 0 Å². The molecular weight excluding hydrogens is 893 g/mol. The van der Waals surface area contributed by atoms with Crippen LogP contribution in [0.25, 0.3) is 0 Å². The van der Waals surface area contributed by atoms with Crippen LogP contribution >= 0.6 is 0 Å². The predicted molar refractivity (Wildman–Crippen MR) is 270 cm³/mol. The van der Waals surface area contributed by atoms with Crippen LogP contribution in [0.3, 0.4) is 0 Å². The van der Waals surface area contributed by atoms with E-state index in [9.17, 15) is 0 Å². The summed E-state index contributed by atoms with van der Waals surface area (Å²) in [5.41, 5.74) is 7.05. The Hall–Kier alpha value is -5.86. The van der Waals surface area contributed by atoms with E-state index in [1.165, 1.54) is 0 Å². The summed E-state index contributed by atoms with van der Waals surface area (Å²) in [5, 5.41) is 0. The summed E-state index contributed by atoms with van der Waals surface area (Å²) in [5.74, 6) is 0. The van der Waals surface area contributed by atoms with Gasteiger partial charge in [-0.2, -0.15) is 0 Å². The van der Waals surface area contributed by atoms with Crippen molar-refractivity contribution in [3.63, 3.8) is 0 Å². The summed E-state index contributed by atoms with van der Waals surface area (Å²) in [7, 11) is 0. The van der Waals surface area contributed by atoms with E-state index >= 15 is 0 Å². The van der Waals surface area contributed by atoms with Gasteiger partial charge < -0.3 is 47.4 Å². The first-order chi connectivity index (χ1) is 35.1. The third kappa shape index (κ3) is 14.6. The summed E-state index contributed by atoms with van der Waals surface area (Å²) < 4.78 is 69.1. The lowest BCUT2D eigenvalue weighted by Gasteiger charge is -2.47. The molecule has 0 bridgehead atoms. The first-order valence-electron chi connectivity index (χ1n) is 24.6. The third-order valence-corrected chi connectivity index (χ3v) is 12.7. The fourth-order valence-electron chi connectivity index (χ4n) is 8.96. The Balaban J connectivity index is 1.04. The minimum atomic E-state index is -0.913. The van der Waals surface area contributed by atoms with Crippen LogP contribution in [0.5, 0.6) is 0 Å². The van der Waals surface area contributed by atoms with Gasteiger partial charge in [0, 0.05) is 0 Å². The van der Waals surface area contributed by atoms with Gasteiger partial charge in [-0.05, 0) is 45.9 Å². The highest BCUT2D eigenvalue weighted by Gasteiger charge is 2.51. The van der Waals surface area contributed by atoms with Crippen molar-refractivity contribution in [2.45, 2.75) is 115 Å². The van der Waals surface area contributed by atoms with Gasteiger partial charge in [-0.3, -0.25) is 0 Å². The van der Waals surface area contributed by atoms with Crippen LogP contribution in [-0.2, 0) is 93.6 Å². The van der Waals surface area contributed by atoms with Crippen molar-refractivity contribution in [3.05, 3.63) is 251 Å². The fraction of sp³-hybridized carbons (Fsp3) is 0.311. The Morgan fingerprint density at radius 3 is 0.859 bits per heavy atom. The zero-order valence-corrected chi connectivity index (χ0v) is 40.2. The molecule has 2 fully saturated rings. The first kappa shape index (κ1) is 50.1. The second-order valence-electron chi connectivity index (χ2n) is 17.9. The van der Waals surface area contributed by atoms with Crippen LogP contribution in [0.1, 0.15) is 45.9 Å². The summed E-state index contributed by atoms with van der Waals surface area (Å²) in [6.07, 6.45) is -6.95. The fourth-order valence-corrected chi connectivity index (χ4v) is 8.96. The molecule has 0 aliphatic carbocycles. The topological polar surface area (TPSA) is 92.3 Å². The maximum atomic E-state index is 7.09. The van der Waals surface area contributed by atoms with Gasteiger partial charge in [-0.15, -0.1) is 0 Å². The lowest BCUT2D eigenvalue weighted by Crippen LogP contribution is -2.63. The molecule has 0 N–H and O–H groups in total. The molecule has 10 heteroatoms. The van der Waals surface area contributed by atoms with Crippen LogP contribution in [-0.4, -0.2) is 68.0 Å². The zero-order valence-electron chi connectivity index (χ0n) is 40.2. The summed E-state index contributed by atoms with van der Waals surface area (Å²) in [6.45, 7) is 4.14. The predicted octanol–water partition coefficient (Wildman–Crippen LogP) is 11.2. The highest BCUT2D eigenvalue weighted by Crippen LogP contribution is 2.35. The van der Waals surface area contributed by atoms with Crippen molar-refractivity contribution in [3.8, 4) is 0 Å². The molecular formula is C61H64O10. The van der Waals surface area contributed by atoms with Crippen molar-refractivity contribution in [1.82, 2.24) is 0 Å². The van der Waals surface area contributed by atoms with Gasteiger partial charge in [0.1, 0.15) is 42.7 Å². The molecule has 0 aromatic heterocycles. The van der Waals surface area contributed by atoms with Crippen LogP contribution in [0.15, 0.2) is 212 Å². The summed E-state index contributed by atoms with van der Waals surface area (Å²) >= 11 is 0. The molecule has 9 rings (SSSR count). The van der Waals surface area contributed by atoms with Crippen molar-refractivity contribution in [1.29, 1.82) is 0 Å². The summed E-state index contributed by atoms with van der Waals surface area (Å²) in [4.78, 5) is 0. The van der Waals surface area contributed by atoms with Crippen molar-refractivity contribution in [2.75, 3.05) is 6.61 Å². The molecule has 7 aromatic carbocycles. The lowest BCUT2D eigenvalue weighted by atomic mass is 9.97. The highest BCUT2D eigenvalue weighted by molar-refractivity contribution is 5.19. The van der Waals surface area contributed by atoms with E-state index in [4.69, 9.17) is 47.4 Å². The Morgan fingerprint density at radius 2 is 0.521 bits per heavy atom. The van der Waals surface area contributed by atoms with Gasteiger partial charge in [0.15, 0.2) is 12.6 Å². The molecule has 0 unspecified atom stereocenters. The lowest BCUT2D eigenvalue weighted by molar-refractivity contribution is -0.351. The molecule has 10 nitrogen and oxygen atoms in total. The van der Waals surface area contributed by atoms with Gasteiger partial charge >= 0.3 is 0 Å². The molecule has 71 heavy (non-hydrogen) atoms. The standard InChI is InChI=1S/C61H64O10/c1-45-54(62-37-46-23-9-2-10-24-46)56(64-39-48-27-13-4-14-28-48)58(66-41-50-31-17-6-18-32-50)60(70-45)69-44-53-55(63-38-47-25-11-3-12-26-47)57(65-40-49-29-15-5-16-30-49)59(67-42-51-33-19-7-20-34-51)61(71-53)68-43-52-35-21-8-22-36-52/h2-36,45,53-61H,37-44H2,1H3/t45-,53-,54-,55-,56+,57+,58-,59-,60+,61-/m1/s1. The molecule has 2 aliphatic heterocycles. The maximum Gasteiger partial charge on any atom is 0.187 e. The average Bonchev–Trinajstić information content (AvgIpc) is 3.43. The largest absolute Gasteiger partial charge is 0.368 e. The second kappa shape index (κ2) is 26.5. The molecule has 2 aliphatic rings. The number of rotatable bonds is 24. The molecule has 2 saturated heterocycles. The average molecular weight is 957 g/mol. The second-order valence-corrected chi connectivity index (χ2v) is 17.9. The van der Waals surface area contributed by atoms with E-state index in [1.54, 1.807) is 0 Å². The van der Waals surface area contributed by atoms with Gasteiger partial charge in [-0.25, -0.2) is 0 Å². The Labute approximate surface area is 418 Å². The smallest absolute Gasteiger partial charge is 0.187 e. The van der Waals surface area contributed by atoms with E-state index in [1.807, 2.05) is 195 Å². The van der Waals surface area contributed by atoms with Crippen molar-refractivity contribution >= 4 is 0 Å². The summed E-state index contributed by atoms with van der Waals surface area (Å²) in [6, 6.07) is 70.6. The Kier molecular flexibility index (Phi) is 18.7. The van der Waals surface area contributed by atoms with Gasteiger partial charge in [0.25, 0.3) is 0 Å². The van der Waals surface area contributed by atoms with Crippen LogP contribution < -0.4 is 0 Å². The van der Waals surface area contributed by atoms with Crippen LogP contribution in [0, 0.1) is 0 Å². The van der Waals surface area contributed by atoms with E-state index in [2.05, 4.69) is 24.3 Å². The minimum Gasteiger partial charge on any atom is -0.368 e. The van der Waals surface area contributed by atoms with Gasteiger partial charge in [0.05, 0.1) is 59.0 Å². The van der Waals surface area contributed by atoms with Crippen molar-refractivity contribution < 1.29 is 47.4 Å². The van der Waals surface area contributed by atoms with E-state index in [-0.39, 0.29) is 26.4 Å². The van der Waals surface area contributed by atoms with Gasteiger partial charge in [-0.1, -0.05) is 212 Å². The number of benzene rings is 7. The van der Waals surface area contributed by atoms with E-state index in [0.717, 1.165) is 38.9 Å². The molecule has 2 heterocycles. The zero-order chi connectivity index (χ0) is 48.3. The maximum absolute atomic E-state index is 7.09. The molecule has 0 saturated carbocycles. The molecule has 10 atom stereocenters. The molecule has 368 valence electrons. The molecule has 0 amide bonds.